The van der Waals surface area contributed by atoms with Gasteiger partial charge in [0, 0.05) is 0 Å². The molecule has 8 nitrogen and oxygen atoms in total. The zero-order chi connectivity index (χ0) is 22.2. The first-order chi connectivity index (χ1) is 15.5. The van der Waals surface area contributed by atoms with Crippen LogP contribution in [-0.4, -0.2) is 29.5 Å². The Hall–Kier alpha value is -4.21. The lowest BCUT2D eigenvalue weighted by Crippen LogP contribution is -2.28. The summed E-state index contributed by atoms with van der Waals surface area (Å²) in [5.41, 5.74) is 1.23. The molecule has 160 valence electrons. The van der Waals surface area contributed by atoms with Crippen LogP contribution < -0.4 is 10.9 Å². The molecule has 3 heterocycles. The van der Waals surface area contributed by atoms with E-state index in [-0.39, 0.29) is 5.39 Å². The zero-order valence-corrected chi connectivity index (χ0v) is 16.9. The molecule has 0 saturated carbocycles. The third kappa shape index (κ3) is 3.35. The van der Waals surface area contributed by atoms with E-state index in [0.717, 1.165) is 6.07 Å². The number of fused-ring (bicyclic) bond motifs is 2. The monoisotopic (exact) mass is 433 g/mol. The first kappa shape index (κ1) is 19.7. The van der Waals surface area contributed by atoms with Gasteiger partial charge in [0.25, 0.3) is 5.56 Å². The molecule has 3 aromatic heterocycles. The summed E-state index contributed by atoms with van der Waals surface area (Å²) < 4.78 is 29.2. The number of aromatic amines is 1. The number of nitrogens with zero attached hydrogens (tertiary/aromatic N) is 5. The van der Waals surface area contributed by atoms with Crippen LogP contribution in [-0.2, 0) is 0 Å². The smallest absolute Gasteiger partial charge is 0.266 e. The molecule has 0 aliphatic heterocycles. The number of hydrogen-bond donors (Lipinski definition) is 2. The Balaban J connectivity index is 1.74. The predicted molar refractivity (Wildman–Crippen MR) is 116 cm³/mol. The topological polar surface area (TPSA) is 101 Å². The van der Waals surface area contributed by atoms with E-state index in [1.165, 1.54) is 47.6 Å². The molecular formula is C22H17F2N7O. The van der Waals surface area contributed by atoms with Crippen LogP contribution in [0.3, 0.4) is 0 Å². The van der Waals surface area contributed by atoms with E-state index in [0.29, 0.717) is 40.4 Å². The quantitative estimate of drug-likeness (QED) is 0.436. The summed E-state index contributed by atoms with van der Waals surface area (Å²) in [6.45, 7) is 1.92. The maximum Gasteiger partial charge on any atom is 0.266 e. The molecule has 0 bridgehead atoms. The largest absolute Gasteiger partial charge is 0.358 e. The van der Waals surface area contributed by atoms with Gasteiger partial charge in [0.2, 0.25) is 0 Å². The summed E-state index contributed by atoms with van der Waals surface area (Å²) in [4.78, 5) is 33.6. The van der Waals surface area contributed by atoms with Crippen LogP contribution >= 0.6 is 0 Å². The molecule has 1 atom stereocenters. The van der Waals surface area contributed by atoms with Gasteiger partial charge in [-0.05, 0) is 42.8 Å². The van der Waals surface area contributed by atoms with Crippen LogP contribution in [0, 0.1) is 11.6 Å². The zero-order valence-electron chi connectivity index (χ0n) is 16.9. The highest BCUT2D eigenvalue weighted by Gasteiger charge is 2.22. The van der Waals surface area contributed by atoms with Gasteiger partial charge < -0.3 is 10.3 Å². The second kappa shape index (κ2) is 7.80. The third-order valence-corrected chi connectivity index (χ3v) is 5.18. The van der Waals surface area contributed by atoms with Gasteiger partial charge in [0.05, 0.1) is 29.0 Å². The molecule has 0 spiro atoms. The molecule has 10 heteroatoms. The van der Waals surface area contributed by atoms with Gasteiger partial charge in [-0.25, -0.2) is 28.7 Å². The van der Waals surface area contributed by atoms with Crippen molar-refractivity contribution in [1.82, 2.24) is 29.5 Å². The normalized spacial score (nSPS) is 12.3. The maximum absolute atomic E-state index is 14.0. The summed E-state index contributed by atoms with van der Waals surface area (Å²) in [6, 6.07) is 8.98. The fourth-order valence-corrected chi connectivity index (χ4v) is 3.66. The van der Waals surface area contributed by atoms with E-state index in [1.54, 1.807) is 6.07 Å². The minimum absolute atomic E-state index is 0.103. The van der Waals surface area contributed by atoms with Gasteiger partial charge in [0.1, 0.15) is 29.3 Å². The van der Waals surface area contributed by atoms with Crippen molar-refractivity contribution < 1.29 is 8.78 Å². The van der Waals surface area contributed by atoms with Gasteiger partial charge in [-0.3, -0.25) is 9.36 Å². The number of H-pyrrole nitrogens is 1. The van der Waals surface area contributed by atoms with Gasteiger partial charge in [-0.15, -0.1) is 0 Å². The highest BCUT2D eigenvalue weighted by Crippen LogP contribution is 2.26. The van der Waals surface area contributed by atoms with E-state index in [4.69, 9.17) is 0 Å². The van der Waals surface area contributed by atoms with Crippen LogP contribution in [0.5, 0.6) is 0 Å². The van der Waals surface area contributed by atoms with Crippen LogP contribution in [0.2, 0.25) is 0 Å². The average molecular weight is 433 g/mol. The average Bonchev–Trinajstić information content (AvgIpc) is 3.27. The number of imidazole rings is 1. The highest BCUT2D eigenvalue weighted by atomic mass is 19.1. The Kier molecular flexibility index (Phi) is 4.81. The van der Waals surface area contributed by atoms with Crippen molar-refractivity contribution in [3.8, 4) is 5.69 Å². The fraction of sp³-hybridized carbons (Fsp3) is 0.136. The van der Waals surface area contributed by atoms with E-state index in [2.05, 4.69) is 30.2 Å². The Bertz CT molecular complexity index is 1510. The molecule has 0 unspecified atom stereocenters. The molecule has 32 heavy (non-hydrogen) atoms. The molecular weight excluding hydrogens is 416 g/mol. The van der Waals surface area contributed by atoms with Crippen molar-refractivity contribution in [3.05, 3.63) is 82.9 Å². The van der Waals surface area contributed by atoms with E-state index < -0.39 is 23.2 Å². The SMILES string of the molecule is CC[C@H](Nc1ncnc2nc[nH]c12)c1nc2ccc(F)cc2c(=O)n1-c1cccc(F)c1. The number of aromatic nitrogens is 6. The second-order valence-electron chi connectivity index (χ2n) is 7.18. The summed E-state index contributed by atoms with van der Waals surface area (Å²) in [6.07, 6.45) is 3.42. The molecule has 0 aliphatic carbocycles. The maximum atomic E-state index is 14.0. The van der Waals surface area contributed by atoms with E-state index >= 15 is 0 Å². The van der Waals surface area contributed by atoms with Gasteiger partial charge in [-0.1, -0.05) is 13.0 Å². The standard InChI is InChI=1S/C22H17F2N7O/c1-2-16(29-20-18-19(26-10-25-18)27-11-28-20)21-30-17-7-6-13(24)9-15(17)22(32)31(21)14-5-3-4-12(23)8-14/h3-11,16H,2H2,1H3,(H2,25,26,27,28,29)/t16-/m0/s1. The van der Waals surface area contributed by atoms with Gasteiger partial charge in [-0.2, -0.15) is 0 Å². The lowest BCUT2D eigenvalue weighted by molar-refractivity contribution is 0.620. The summed E-state index contributed by atoms with van der Waals surface area (Å²) in [5.74, 6) is -0.231. The Morgan fingerprint density at radius 2 is 1.94 bits per heavy atom. The Morgan fingerprint density at radius 3 is 2.75 bits per heavy atom. The molecule has 2 N–H and O–H groups in total. The number of hydrogen-bond acceptors (Lipinski definition) is 6. The number of nitrogens with one attached hydrogen (secondary N) is 2. The van der Waals surface area contributed by atoms with Crippen molar-refractivity contribution in [2.45, 2.75) is 19.4 Å². The van der Waals surface area contributed by atoms with Crippen molar-refractivity contribution in [1.29, 1.82) is 0 Å². The molecule has 0 radical (unpaired) electrons. The molecule has 0 fully saturated rings. The lowest BCUT2D eigenvalue weighted by atomic mass is 10.1. The number of anilines is 1. The van der Waals surface area contributed by atoms with E-state index in [1.807, 2.05) is 6.92 Å². The van der Waals surface area contributed by atoms with Crippen LogP contribution in [0.1, 0.15) is 25.2 Å². The van der Waals surface area contributed by atoms with Crippen LogP contribution in [0.15, 0.2) is 59.9 Å². The van der Waals surface area contributed by atoms with Crippen LogP contribution in [0.4, 0.5) is 14.6 Å². The fourth-order valence-electron chi connectivity index (χ4n) is 3.66. The highest BCUT2D eigenvalue weighted by molar-refractivity contribution is 5.82. The lowest BCUT2D eigenvalue weighted by Gasteiger charge is -2.22. The van der Waals surface area contributed by atoms with Gasteiger partial charge in [0.15, 0.2) is 11.5 Å². The first-order valence-electron chi connectivity index (χ1n) is 9.94. The summed E-state index contributed by atoms with van der Waals surface area (Å²) in [7, 11) is 0. The summed E-state index contributed by atoms with van der Waals surface area (Å²) >= 11 is 0. The molecule has 5 aromatic rings. The number of halogens is 2. The summed E-state index contributed by atoms with van der Waals surface area (Å²) in [5, 5.41) is 3.39. The first-order valence-corrected chi connectivity index (χ1v) is 9.94. The predicted octanol–water partition coefficient (Wildman–Crippen LogP) is 3.89. The van der Waals surface area contributed by atoms with Crippen molar-refractivity contribution in [2.75, 3.05) is 5.32 Å². The number of benzene rings is 2. The number of rotatable bonds is 5. The molecule has 0 aliphatic rings. The molecule has 2 aromatic carbocycles. The van der Waals surface area contributed by atoms with E-state index in [9.17, 15) is 13.6 Å². The third-order valence-electron chi connectivity index (χ3n) is 5.18. The van der Waals surface area contributed by atoms with Crippen molar-refractivity contribution in [2.24, 2.45) is 0 Å². The van der Waals surface area contributed by atoms with Crippen molar-refractivity contribution >= 4 is 27.9 Å². The Morgan fingerprint density at radius 1 is 1.09 bits per heavy atom. The molecule has 0 saturated heterocycles. The molecule has 5 rings (SSSR count). The molecule has 0 amide bonds. The van der Waals surface area contributed by atoms with Gasteiger partial charge >= 0.3 is 0 Å². The van der Waals surface area contributed by atoms with Crippen LogP contribution in [0.25, 0.3) is 27.8 Å². The minimum atomic E-state index is -0.553. The Labute approximate surface area is 180 Å². The van der Waals surface area contributed by atoms with Crippen molar-refractivity contribution in [3.63, 3.8) is 0 Å². The minimum Gasteiger partial charge on any atom is -0.358 e. The second-order valence-corrected chi connectivity index (χ2v) is 7.18.